The number of carbonyl (C=O) groups excluding carboxylic acids is 1. The number of nitrogens with one attached hydrogen (secondary N) is 3. The summed E-state index contributed by atoms with van der Waals surface area (Å²) in [6.07, 6.45) is 3.03. The molecule has 1 saturated carbocycles. The minimum Gasteiger partial charge on any atom is -0.368 e. The monoisotopic (exact) mass is 396 g/mol. The van der Waals surface area contributed by atoms with Crippen molar-refractivity contribution in [1.29, 1.82) is 0 Å². The Bertz CT molecular complexity index is 932. The smallest absolute Gasteiger partial charge is 0.263 e. The first kappa shape index (κ1) is 19.0. The van der Waals surface area contributed by atoms with Gasteiger partial charge in [-0.1, -0.05) is 0 Å². The Morgan fingerprint density at radius 3 is 2.52 bits per heavy atom. The number of halogens is 2. The molecule has 1 aliphatic rings. The molecular formula is C17H18F2N4O3S. The first-order chi connectivity index (χ1) is 12.8. The largest absolute Gasteiger partial charge is 0.368 e. The van der Waals surface area contributed by atoms with Crippen molar-refractivity contribution in [3.63, 3.8) is 0 Å². The zero-order chi connectivity index (χ0) is 19.4. The Kier molecular flexibility index (Phi) is 5.54. The average molecular weight is 396 g/mol. The van der Waals surface area contributed by atoms with E-state index in [9.17, 15) is 22.0 Å². The van der Waals surface area contributed by atoms with Crippen molar-refractivity contribution in [2.45, 2.75) is 17.7 Å². The van der Waals surface area contributed by atoms with Gasteiger partial charge in [0.25, 0.3) is 10.0 Å². The van der Waals surface area contributed by atoms with E-state index in [1.165, 1.54) is 12.1 Å². The molecule has 1 aromatic carbocycles. The molecule has 0 atom stereocenters. The van der Waals surface area contributed by atoms with E-state index in [2.05, 4.69) is 20.3 Å². The molecule has 0 spiro atoms. The number of sulfonamides is 1. The Morgan fingerprint density at radius 2 is 1.89 bits per heavy atom. The second-order valence-electron chi connectivity index (χ2n) is 6.11. The fourth-order valence-corrected chi connectivity index (χ4v) is 3.28. The van der Waals surface area contributed by atoms with Gasteiger partial charge in [-0.15, -0.1) is 0 Å². The molecule has 1 aliphatic carbocycles. The van der Waals surface area contributed by atoms with E-state index in [0.717, 1.165) is 37.2 Å². The van der Waals surface area contributed by atoms with Crippen molar-refractivity contribution in [2.75, 3.05) is 23.1 Å². The van der Waals surface area contributed by atoms with Crippen molar-refractivity contribution >= 4 is 27.4 Å². The quantitative estimate of drug-likeness (QED) is 0.594. The highest BCUT2D eigenvalue weighted by Gasteiger charge is 2.28. The van der Waals surface area contributed by atoms with Crippen LogP contribution in [0.3, 0.4) is 0 Å². The molecule has 0 unspecified atom stereocenters. The van der Waals surface area contributed by atoms with Crippen molar-refractivity contribution < 1.29 is 22.0 Å². The summed E-state index contributed by atoms with van der Waals surface area (Å²) in [6.45, 7) is 0.888. The molecule has 1 amide bonds. The summed E-state index contributed by atoms with van der Waals surface area (Å²) in [6, 6.07) is 5.52. The third-order valence-corrected chi connectivity index (χ3v) is 5.26. The minimum absolute atomic E-state index is 0.0505. The molecule has 27 heavy (non-hydrogen) atoms. The molecule has 1 fully saturated rings. The molecule has 7 nitrogen and oxygen atoms in total. The number of aromatic nitrogens is 1. The molecule has 0 bridgehead atoms. The molecular weight excluding hydrogens is 378 g/mol. The summed E-state index contributed by atoms with van der Waals surface area (Å²) in [5, 5.41) is 5.76. The maximum absolute atomic E-state index is 13.2. The molecule has 3 N–H and O–H groups in total. The number of hydrogen-bond donors (Lipinski definition) is 3. The minimum atomic E-state index is -3.99. The standard InChI is InChI=1S/C17H18F2N4O3S/c18-14-5-3-12(9-15(14)19)23-27(25,26)13-4-6-16(22-10-13)20-7-8-21-17(24)11-1-2-11/h3-6,9-11,23H,1-2,7-8H2,(H,20,22)(H,21,24). The first-order valence-corrected chi connectivity index (χ1v) is 9.79. The van der Waals surface area contributed by atoms with Crippen molar-refractivity contribution in [2.24, 2.45) is 5.92 Å². The van der Waals surface area contributed by atoms with Gasteiger partial charge in [0.05, 0.1) is 5.69 Å². The number of nitrogens with zero attached hydrogens (tertiary/aromatic N) is 1. The van der Waals surface area contributed by atoms with E-state index >= 15 is 0 Å². The molecule has 3 rings (SSSR count). The Balaban J connectivity index is 1.54. The van der Waals surface area contributed by atoms with Crippen LogP contribution in [-0.2, 0) is 14.8 Å². The van der Waals surface area contributed by atoms with Crippen LogP contribution in [0.1, 0.15) is 12.8 Å². The van der Waals surface area contributed by atoms with Gasteiger partial charge in [0, 0.05) is 31.3 Å². The van der Waals surface area contributed by atoms with E-state index in [0.29, 0.717) is 18.9 Å². The third-order valence-electron chi connectivity index (χ3n) is 3.90. The average Bonchev–Trinajstić information content (AvgIpc) is 3.47. The SMILES string of the molecule is O=C(NCCNc1ccc(S(=O)(=O)Nc2ccc(F)c(F)c2)cn1)C1CC1. The van der Waals surface area contributed by atoms with E-state index in [1.54, 1.807) is 0 Å². The van der Waals surface area contributed by atoms with Crippen LogP contribution in [0, 0.1) is 17.6 Å². The second kappa shape index (κ2) is 7.87. The topological polar surface area (TPSA) is 100 Å². The highest BCUT2D eigenvalue weighted by Crippen LogP contribution is 2.28. The maximum Gasteiger partial charge on any atom is 0.263 e. The van der Waals surface area contributed by atoms with Gasteiger partial charge in [-0.25, -0.2) is 22.2 Å². The summed E-state index contributed by atoms with van der Waals surface area (Å²) in [5.74, 6) is -1.57. The first-order valence-electron chi connectivity index (χ1n) is 8.31. The predicted octanol–water partition coefficient (Wildman–Crippen LogP) is 2.10. The van der Waals surface area contributed by atoms with Crippen LogP contribution in [0.15, 0.2) is 41.4 Å². The van der Waals surface area contributed by atoms with E-state index < -0.39 is 21.7 Å². The van der Waals surface area contributed by atoms with Crippen LogP contribution in [0.25, 0.3) is 0 Å². The Hall–Kier alpha value is -2.75. The molecule has 10 heteroatoms. The van der Waals surface area contributed by atoms with Gasteiger partial charge in [-0.05, 0) is 37.1 Å². The van der Waals surface area contributed by atoms with Crippen LogP contribution < -0.4 is 15.4 Å². The molecule has 144 valence electrons. The van der Waals surface area contributed by atoms with Crippen LogP contribution in [-0.4, -0.2) is 32.4 Å². The van der Waals surface area contributed by atoms with E-state index in [4.69, 9.17) is 0 Å². The molecule has 0 saturated heterocycles. The zero-order valence-electron chi connectivity index (χ0n) is 14.2. The van der Waals surface area contributed by atoms with E-state index in [1.807, 2.05) is 0 Å². The van der Waals surface area contributed by atoms with Gasteiger partial charge >= 0.3 is 0 Å². The zero-order valence-corrected chi connectivity index (χ0v) is 15.0. The van der Waals surface area contributed by atoms with Gasteiger partial charge in [0.2, 0.25) is 5.91 Å². The van der Waals surface area contributed by atoms with Crippen LogP contribution in [0.2, 0.25) is 0 Å². The highest BCUT2D eigenvalue weighted by molar-refractivity contribution is 7.92. The van der Waals surface area contributed by atoms with Crippen LogP contribution in [0.5, 0.6) is 0 Å². The molecule has 2 aromatic rings. The Labute approximate surface area is 155 Å². The van der Waals surface area contributed by atoms with Crippen molar-refractivity contribution in [1.82, 2.24) is 10.3 Å². The number of benzene rings is 1. The fraction of sp³-hybridized carbons (Fsp3) is 0.294. The predicted molar refractivity (Wildman–Crippen MR) is 95.6 cm³/mol. The maximum atomic E-state index is 13.2. The van der Waals surface area contributed by atoms with Gasteiger partial charge in [0.1, 0.15) is 10.7 Å². The lowest BCUT2D eigenvalue weighted by Crippen LogP contribution is -2.29. The summed E-state index contributed by atoms with van der Waals surface area (Å²) in [5.41, 5.74) is -0.0949. The summed E-state index contributed by atoms with van der Waals surface area (Å²) < 4.78 is 52.8. The third kappa shape index (κ3) is 5.13. The van der Waals surface area contributed by atoms with Crippen LogP contribution >= 0.6 is 0 Å². The number of anilines is 2. The van der Waals surface area contributed by atoms with E-state index in [-0.39, 0.29) is 22.4 Å². The van der Waals surface area contributed by atoms with Gasteiger partial charge in [-0.2, -0.15) is 0 Å². The summed E-state index contributed by atoms with van der Waals surface area (Å²) in [7, 11) is -3.99. The molecule has 1 aromatic heterocycles. The number of pyridine rings is 1. The molecule has 0 aliphatic heterocycles. The normalized spacial score (nSPS) is 13.9. The molecule has 1 heterocycles. The lowest BCUT2D eigenvalue weighted by molar-refractivity contribution is -0.122. The number of carbonyl (C=O) groups is 1. The summed E-state index contributed by atoms with van der Waals surface area (Å²) >= 11 is 0. The van der Waals surface area contributed by atoms with Crippen molar-refractivity contribution in [3.05, 3.63) is 48.2 Å². The van der Waals surface area contributed by atoms with Crippen LogP contribution in [0.4, 0.5) is 20.3 Å². The second-order valence-corrected chi connectivity index (χ2v) is 7.79. The fourth-order valence-electron chi connectivity index (χ4n) is 2.28. The lowest BCUT2D eigenvalue weighted by Gasteiger charge is -2.10. The number of amides is 1. The lowest BCUT2D eigenvalue weighted by atomic mass is 10.3. The number of rotatable bonds is 8. The van der Waals surface area contributed by atoms with Crippen molar-refractivity contribution in [3.8, 4) is 0 Å². The highest BCUT2D eigenvalue weighted by atomic mass is 32.2. The Morgan fingerprint density at radius 1 is 1.11 bits per heavy atom. The van der Waals surface area contributed by atoms with Gasteiger partial charge < -0.3 is 10.6 Å². The molecule has 0 radical (unpaired) electrons. The number of hydrogen-bond acceptors (Lipinski definition) is 5. The van der Waals surface area contributed by atoms with Gasteiger partial charge in [-0.3, -0.25) is 9.52 Å². The summed E-state index contributed by atoms with van der Waals surface area (Å²) in [4.78, 5) is 15.4. The van der Waals surface area contributed by atoms with Gasteiger partial charge in [0.15, 0.2) is 11.6 Å².